The smallest absolute Gasteiger partial charge is 0.236 e. The van der Waals surface area contributed by atoms with Gasteiger partial charge in [0.05, 0.1) is 12.5 Å². The van der Waals surface area contributed by atoms with E-state index in [4.69, 9.17) is 5.73 Å². The molecule has 6 heteroatoms. The zero-order valence-electron chi connectivity index (χ0n) is 12.8. The summed E-state index contributed by atoms with van der Waals surface area (Å²) in [6.07, 6.45) is 1.55. The molecule has 0 aromatic heterocycles. The third-order valence-corrected chi connectivity index (χ3v) is 3.92. The highest BCUT2D eigenvalue weighted by molar-refractivity contribution is 5.81. The number of rotatable bonds is 5. The van der Waals surface area contributed by atoms with Crippen LogP contribution in [0.15, 0.2) is 24.3 Å². The summed E-state index contributed by atoms with van der Waals surface area (Å²) in [6.45, 7) is 1.80. The van der Waals surface area contributed by atoms with Gasteiger partial charge in [-0.2, -0.15) is 0 Å². The Bertz CT molecular complexity index is 550. The first-order valence-electron chi connectivity index (χ1n) is 7.46. The molecule has 0 saturated carbocycles. The molecule has 1 heterocycles. The highest BCUT2D eigenvalue weighted by Crippen LogP contribution is 2.16. The summed E-state index contributed by atoms with van der Waals surface area (Å²) in [7, 11) is 1.82. The standard InChI is InChI=1S/C16H22FN3O2/c1-19(9-12-4-2-6-14(17)8-12)11-15(21)20-7-3-5-13(10-20)16(18)22/h2,4,6,8,13H,3,5,7,9-11H2,1H3,(H2,18,22). The molecule has 1 saturated heterocycles. The topological polar surface area (TPSA) is 66.6 Å². The van der Waals surface area contributed by atoms with Crippen LogP contribution in [0, 0.1) is 11.7 Å². The van der Waals surface area contributed by atoms with Gasteiger partial charge in [-0.15, -0.1) is 0 Å². The third kappa shape index (κ3) is 4.53. The van der Waals surface area contributed by atoms with Crippen LogP contribution in [0.3, 0.4) is 0 Å². The Morgan fingerprint density at radius 2 is 2.23 bits per heavy atom. The number of piperidine rings is 1. The molecule has 1 fully saturated rings. The lowest BCUT2D eigenvalue weighted by Crippen LogP contribution is -2.47. The quantitative estimate of drug-likeness (QED) is 0.882. The Balaban J connectivity index is 1.86. The lowest BCUT2D eigenvalue weighted by Gasteiger charge is -2.32. The molecular weight excluding hydrogens is 285 g/mol. The number of carbonyl (C=O) groups excluding carboxylic acids is 2. The molecule has 1 unspecified atom stereocenters. The summed E-state index contributed by atoms with van der Waals surface area (Å²) in [5, 5.41) is 0. The van der Waals surface area contributed by atoms with E-state index in [1.807, 2.05) is 18.0 Å². The van der Waals surface area contributed by atoms with Crippen molar-refractivity contribution in [3.8, 4) is 0 Å². The minimum atomic E-state index is -0.342. The van der Waals surface area contributed by atoms with Crippen LogP contribution >= 0.6 is 0 Å². The first-order chi connectivity index (χ1) is 10.5. The van der Waals surface area contributed by atoms with Crippen molar-refractivity contribution in [3.05, 3.63) is 35.6 Å². The minimum Gasteiger partial charge on any atom is -0.369 e. The molecule has 22 heavy (non-hydrogen) atoms. The van der Waals surface area contributed by atoms with E-state index in [1.165, 1.54) is 12.1 Å². The number of nitrogens with zero attached hydrogens (tertiary/aromatic N) is 2. The molecule has 2 amide bonds. The van der Waals surface area contributed by atoms with Crippen molar-refractivity contribution in [2.75, 3.05) is 26.7 Å². The molecule has 0 spiro atoms. The van der Waals surface area contributed by atoms with E-state index in [-0.39, 0.29) is 30.1 Å². The highest BCUT2D eigenvalue weighted by Gasteiger charge is 2.27. The molecule has 120 valence electrons. The molecule has 2 N–H and O–H groups in total. The number of hydrogen-bond donors (Lipinski definition) is 1. The number of benzene rings is 1. The molecule has 1 aliphatic heterocycles. The summed E-state index contributed by atoms with van der Waals surface area (Å²) in [6, 6.07) is 6.34. The van der Waals surface area contributed by atoms with Gasteiger partial charge in [-0.3, -0.25) is 14.5 Å². The average Bonchev–Trinajstić information content (AvgIpc) is 2.47. The van der Waals surface area contributed by atoms with Gasteiger partial charge in [-0.25, -0.2) is 4.39 Å². The van der Waals surface area contributed by atoms with E-state index in [1.54, 1.807) is 11.0 Å². The lowest BCUT2D eigenvalue weighted by atomic mass is 9.97. The number of nitrogens with two attached hydrogens (primary N) is 1. The molecule has 5 nitrogen and oxygen atoms in total. The second kappa shape index (κ2) is 7.35. The van der Waals surface area contributed by atoms with Crippen LogP contribution in [-0.2, 0) is 16.1 Å². The van der Waals surface area contributed by atoms with Gasteiger partial charge in [-0.05, 0) is 37.6 Å². The maximum atomic E-state index is 13.2. The fourth-order valence-corrected chi connectivity index (χ4v) is 2.77. The van der Waals surface area contributed by atoms with Crippen molar-refractivity contribution in [2.24, 2.45) is 11.7 Å². The van der Waals surface area contributed by atoms with Crippen molar-refractivity contribution in [1.29, 1.82) is 0 Å². The number of likely N-dealkylation sites (tertiary alicyclic amines) is 1. The maximum absolute atomic E-state index is 13.2. The normalized spacial score (nSPS) is 18.5. The van der Waals surface area contributed by atoms with E-state index in [0.717, 1.165) is 18.4 Å². The fraction of sp³-hybridized carbons (Fsp3) is 0.500. The zero-order valence-corrected chi connectivity index (χ0v) is 12.8. The largest absolute Gasteiger partial charge is 0.369 e. The average molecular weight is 307 g/mol. The summed E-state index contributed by atoms with van der Waals surface area (Å²) in [5.41, 5.74) is 6.15. The highest BCUT2D eigenvalue weighted by atomic mass is 19.1. The van der Waals surface area contributed by atoms with Gasteiger partial charge in [0.1, 0.15) is 5.82 Å². The van der Waals surface area contributed by atoms with Crippen molar-refractivity contribution < 1.29 is 14.0 Å². The predicted octanol–water partition coefficient (Wildman–Crippen LogP) is 0.981. The molecule has 2 rings (SSSR count). The second-order valence-electron chi connectivity index (χ2n) is 5.88. The van der Waals surface area contributed by atoms with Crippen LogP contribution in [0.2, 0.25) is 0 Å². The van der Waals surface area contributed by atoms with Crippen molar-refractivity contribution in [3.63, 3.8) is 0 Å². The predicted molar refractivity (Wildman–Crippen MR) is 81.2 cm³/mol. The Labute approximate surface area is 129 Å². The number of likely N-dealkylation sites (N-methyl/N-ethyl adjacent to an activating group) is 1. The minimum absolute atomic E-state index is 0.0233. The summed E-state index contributed by atoms with van der Waals surface area (Å²) < 4.78 is 13.2. The summed E-state index contributed by atoms with van der Waals surface area (Å²) in [5.74, 6) is -0.890. The molecule has 1 aliphatic rings. The van der Waals surface area contributed by atoms with Gasteiger partial charge in [0.15, 0.2) is 0 Å². The van der Waals surface area contributed by atoms with Crippen molar-refractivity contribution >= 4 is 11.8 Å². The first kappa shape index (κ1) is 16.4. The maximum Gasteiger partial charge on any atom is 0.236 e. The molecule has 1 aromatic carbocycles. The van der Waals surface area contributed by atoms with E-state index in [0.29, 0.717) is 19.6 Å². The third-order valence-electron chi connectivity index (χ3n) is 3.92. The first-order valence-corrected chi connectivity index (χ1v) is 7.46. The van der Waals surface area contributed by atoms with Gasteiger partial charge in [0, 0.05) is 19.6 Å². The fourth-order valence-electron chi connectivity index (χ4n) is 2.77. The van der Waals surface area contributed by atoms with Gasteiger partial charge in [0.25, 0.3) is 0 Å². The van der Waals surface area contributed by atoms with Crippen LogP contribution in [0.1, 0.15) is 18.4 Å². The van der Waals surface area contributed by atoms with Crippen LogP contribution in [0.25, 0.3) is 0 Å². The molecule has 0 aliphatic carbocycles. The Hall–Kier alpha value is -1.95. The number of primary amides is 1. The van der Waals surface area contributed by atoms with Crippen LogP contribution in [0.5, 0.6) is 0 Å². The molecule has 0 radical (unpaired) electrons. The Morgan fingerprint density at radius 3 is 2.91 bits per heavy atom. The molecule has 1 atom stereocenters. The lowest BCUT2D eigenvalue weighted by molar-refractivity contribution is -0.135. The van der Waals surface area contributed by atoms with Gasteiger partial charge in [-0.1, -0.05) is 12.1 Å². The van der Waals surface area contributed by atoms with Gasteiger partial charge in [0.2, 0.25) is 11.8 Å². The van der Waals surface area contributed by atoms with E-state index in [9.17, 15) is 14.0 Å². The van der Waals surface area contributed by atoms with E-state index < -0.39 is 0 Å². The van der Waals surface area contributed by atoms with E-state index >= 15 is 0 Å². The van der Waals surface area contributed by atoms with Crippen molar-refractivity contribution in [1.82, 2.24) is 9.80 Å². The van der Waals surface area contributed by atoms with Crippen LogP contribution in [0.4, 0.5) is 4.39 Å². The molecule has 1 aromatic rings. The number of halogens is 1. The van der Waals surface area contributed by atoms with Crippen LogP contribution in [-0.4, -0.2) is 48.3 Å². The van der Waals surface area contributed by atoms with Gasteiger partial charge < -0.3 is 10.6 Å². The Kier molecular flexibility index (Phi) is 5.49. The van der Waals surface area contributed by atoms with Crippen molar-refractivity contribution in [2.45, 2.75) is 19.4 Å². The summed E-state index contributed by atoms with van der Waals surface area (Å²) in [4.78, 5) is 27.1. The van der Waals surface area contributed by atoms with Gasteiger partial charge >= 0.3 is 0 Å². The molecular formula is C16H22FN3O2. The number of hydrogen-bond acceptors (Lipinski definition) is 3. The van der Waals surface area contributed by atoms with Crippen LogP contribution < -0.4 is 5.73 Å². The SMILES string of the molecule is CN(CC(=O)N1CCCC(C(N)=O)C1)Cc1cccc(F)c1. The number of amides is 2. The molecule has 0 bridgehead atoms. The zero-order chi connectivity index (χ0) is 16.1. The number of carbonyl (C=O) groups is 2. The van der Waals surface area contributed by atoms with E-state index in [2.05, 4.69) is 0 Å². The second-order valence-corrected chi connectivity index (χ2v) is 5.88. The monoisotopic (exact) mass is 307 g/mol. The Morgan fingerprint density at radius 1 is 1.45 bits per heavy atom. The summed E-state index contributed by atoms with van der Waals surface area (Å²) >= 11 is 0.